The van der Waals surface area contributed by atoms with Gasteiger partial charge in [-0.25, -0.2) is 0 Å². The molecule has 3 unspecified atom stereocenters. The van der Waals surface area contributed by atoms with Crippen molar-refractivity contribution < 1.29 is 4.74 Å². The number of aromatic nitrogens is 1. The van der Waals surface area contributed by atoms with Gasteiger partial charge in [-0.3, -0.25) is 4.99 Å². The number of hydrogen-bond donors (Lipinski definition) is 3. The Morgan fingerprint density at radius 2 is 2.27 bits per heavy atom. The normalized spacial score (nSPS) is 24.7. The van der Waals surface area contributed by atoms with Crippen LogP contribution in [0.4, 0.5) is 0 Å². The fraction of sp³-hybridized carbons (Fsp3) is 0.526. The summed E-state index contributed by atoms with van der Waals surface area (Å²) in [5.74, 6) is 0.890. The third kappa shape index (κ3) is 4.28. The lowest BCUT2D eigenvalue weighted by atomic mass is 9.96. The van der Waals surface area contributed by atoms with Crippen LogP contribution in [0.3, 0.4) is 0 Å². The van der Waals surface area contributed by atoms with E-state index in [9.17, 15) is 0 Å². The van der Waals surface area contributed by atoms with Crippen LogP contribution in [-0.4, -0.2) is 42.3 Å². The van der Waals surface area contributed by atoms with E-state index in [0.29, 0.717) is 18.2 Å². The number of rotatable bonds is 5. The maximum Gasteiger partial charge on any atom is 0.191 e. The Kier molecular flexibility index (Phi) is 6.69. The lowest BCUT2D eigenvalue weighted by molar-refractivity contribution is 0.0992. The summed E-state index contributed by atoms with van der Waals surface area (Å²) in [7, 11) is 0. The molecular formula is C19H26ClIN4O. The summed E-state index contributed by atoms with van der Waals surface area (Å²) in [6.45, 7) is 3.68. The van der Waals surface area contributed by atoms with Gasteiger partial charge in [0, 0.05) is 35.2 Å². The zero-order valence-electron chi connectivity index (χ0n) is 14.9. The summed E-state index contributed by atoms with van der Waals surface area (Å²) in [6, 6.07) is 6.34. The molecule has 0 aliphatic carbocycles. The summed E-state index contributed by atoms with van der Waals surface area (Å²) in [4.78, 5) is 8.06. The van der Waals surface area contributed by atoms with Crippen molar-refractivity contribution in [1.82, 2.24) is 15.6 Å². The molecule has 26 heavy (non-hydrogen) atoms. The van der Waals surface area contributed by atoms with Crippen molar-refractivity contribution in [3.63, 3.8) is 0 Å². The topological polar surface area (TPSA) is 61.4 Å². The SMILES string of the molecule is CCNC(=NCCc1c[nH]c2ccc(Cl)cc12)NC1CC2CCC1O2.I. The highest BCUT2D eigenvalue weighted by atomic mass is 127. The van der Waals surface area contributed by atoms with E-state index < -0.39 is 0 Å². The van der Waals surface area contributed by atoms with Gasteiger partial charge in [-0.15, -0.1) is 24.0 Å². The molecule has 2 saturated heterocycles. The summed E-state index contributed by atoms with van der Waals surface area (Å²) < 4.78 is 5.92. The number of nitrogens with zero attached hydrogens (tertiary/aromatic N) is 1. The van der Waals surface area contributed by atoms with E-state index in [1.165, 1.54) is 17.4 Å². The lowest BCUT2D eigenvalue weighted by Gasteiger charge is -2.22. The van der Waals surface area contributed by atoms with Gasteiger partial charge in [-0.05, 0) is 56.4 Å². The largest absolute Gasteiger partial charge is 0.373 e. The van der Waals surface area contributed by atoms with Crippen molar-refractivity contribution in [2.75, 3.05) is 13.1 Å². The van der Waals surface area contributed by atoms with E-state index in [2.05, 4.69) is 28.7 Å². The second-order valence-corrected chi connectivity index (χ2v) is 7.31. The third-order valence-corrected chi connectivity index (χ3v) is 5.39. The zero-order chi connectivity index (χ0) is 17.2. The smallest absolute Gasteiger partial charge is 0.191 e. The molecule has 0 radical (unpaired) electrons. The minimum absolute atomic E-state index is 0. The lowest BCUT2D eigenvalue weighted by Crippen LogP contribution is -2.47. The van der Waals surface area contributed by atoms with Crippen LogP contribution in [0.25, 0.3) is 10.9 Å². The Morgan fingerprint density at radius 3 is 3.00 bits per heavy atom. The van der Waals surface area contributed by atoms with E-state index in [-0.39, 0.29) is 24.0 Å². The summed E-state index contributed by atoms with van der Waals surface area (Å²) >= 11 is 6.13. The molecule has 2 aromatic rings. The van der Waals surface area contributed by atoms with Crippen molar-refractivity contribution in [2.24, 2.45) is 4.99 Å². The number of guanidine groups is 1. The maximum atomic E-state index is 6.13. The van der Waals surface area contributed by atoms with E-state index in [4.69, 9.17) is 21.3 Å². The molecule has 0 spiro atoms. The molecule has 3 N–H and O–H groups in total. The van der Waals surface area contributed by atoms with Gasteiger partial charge in [0.1, 0.15) is 0 Å². The number of hydrogen-bond acceptors (Lipinski definition) is 2. The number of nitrogens with one attached hydrogen (secondary N) is 3. The van der Waals surface area contributed by atoms with Gasteiger partial charge in [0.2, 0.25) is 0 Å². The Balaban J connectivity index is 0.00000196. The van der Waals surface area contributed by atoms with Crippen LogP contribution in [0.2, 0.25) is 5.02 Å². The molecule has 2 bridgehead atoms. The van der Waals surface area contributed by atoms with Crippen LogP contribution < -0.4 is 10.6 Å². The fourth-order valence-electron chi connectivity index (χ4n) is 3.93. The molecule has 2 fully saturated rings. The van der Waals surface area contributed by atoms with Crippen LogP contribution in [-0.2, 0) is 11.2 Å². The standard InChI is InChI=1S/C19H25ClN4O.HI/c1-2-21-19(24-17-10-14-4-6-18(17)25-14)22-8-7-12-11-23-16-5-3-13(20)9-15(12)16;/h3,5,9,11,14,17-18,23H,2,4,6-8,10H2,1H3,(H2,21,22,24);1H. The summed E-state index contributed by atoms with van der Waals surface area (Å²) in [5.41, 5.74) is 2.37. The molecule has 7 heteroatoms. The molecule has 0 saturated carbocycles. The molecule has 3 heterocycles. The first-order valence-electron chi connectivity index (χ1n) is 9.18. The Hall–Kier alpha value is -0.990. The van der Waals surface area contributed by atoms with Crippen molar-refractivity contribution in [1.29, 1.82) is 0 Å². The number of aliphatic imine (C=N–C) groups is 1. The number of benzene rings is 1. The van der Waals surface area contributed by atoms with Gasteiger partial charge in [0.25, 0.3) is 0 Å². The van der Waals surface area contributed by atoms with Crippen LogP contribution in [0.5, 0.6) is 0 Å². The Morgan fingerprint density at radius 1 is 1.38 bits per heavy atom. The van der Waals surface area contributed by atoms with Crippen molar-refractivity contribution in [3.05, 3.63) is 35.0 Å². The van der Waals surface area contributed by atoms with Crippen molar-refractivity contribution in [2.45, 2.75) is 50.9 Å². The molecule has 0 amide bonds. The van der Waals surface area contributed by atoms with Gasteiger partial charge >= 0.3 is 0 Å². The second-order valence-electron chi connectivity index (χ2n) is 6.87. The highest BCUT2D eigenvalue weighted by Gasteiger charge is 2.41. The highest BCUT2D eigenvalue weighted by molar-refractivity contribution is 14.0. The van der Waals surface area contributed by atoms with Crippen molar-refractivity contribution >= 4 is 52.4 Å². The number of fused-ring (bicyclic) bond motifs is 3. The first-order valence-corrected chi connectivity index (χ1v) is 9.56. The average molecular weight is 489 g/mol. The first-order chi connectivity index (χ1) is 12.2. The molecule has 142 valence electrons. The quantitative estimate of drug-likeness (QED) is 0.340. The van der Waals surface area contributed by atoms with Gasteiger partial charge in [-0.2, -0.15) is 0 Å². The zero-order valence-corrected chi connectivity index (χ0v) is 18.0. The Bertz CT molecular complexity index is 778. The molecule has 4 rings (SSSR count). The molecule has 2 aliphatic rings. The first kappa shape index (κ1) is 19.8. The van der Waals surface area contributed by atoms with Crippen LogP contribution in [0, 0.1) is 0 Å². The maximum absolute atomic E-state index is 6.13. The van der Waals surface area contributed by atoms with E-state index in [1.807, 2.05) is 18.2 Å². The predicted octanol–water partition coefficient (Wildman–Crippen LogP) is 3.86. The number of halogens is 2. The number of aromatic amines is 1. The van der Waals surface area contributed by atoms with Gasteiger partial charge in [0.15, 0.2) is 5.96 Å². The Labute approximate surface area is 176 Å². The molecule has 1 aromatic heterocycles. The fourth-order valence-corrected chi connectivity index (χ4v) is 4.10. The molecule has 5 nitrogen and oxygen atoms in total. The molecular weight excluding hydrogens is 463 g/mol. The minimum atomic E-state index is 0. The predicted molar refractivity (Wildman–Crippen MR) is 118 cm³/mol. The van der Waals surface area contributed by atoms with Gasteiger partial charge < -0.3 is 20.4 Å². The minimum Gasteiger partial charge on any atom is -0.373 e. The van der Waals surface area contributed by atoms with Crippen LogP contribution >= 0.6 is 35.6 Å². The highest BCUT2D eigenvalue weighted by Crippen LogP contribution is 2.34. The number of ether oxygens (including phenoxy) is 1. The summed E-state index contributed by atoms with van der Waals surface area (Å²) in [5, 5.41) is 8.86. The van der Waals surface area contributed by atoms with Gasteiger partial charge in [-0.1, -0.05) is 11.6 Å². The summed E-state index contributed by atoms with van der Waals surface area (Å²) in [6.07, 6.45) is 7.20. The molecule has 3 atom stereocenters. The van der Waals surface area contributed by atoms with Crippen LogP contribution in [0.1, 0.15) is 31.7 Å². The second kappa shape index (κ2) is 8.80. The number of H-pyrrole nitrogens is 1. The monoisotopic (exact) mass is 488 g/mol. The van der Waals surface area contributed by atoms with E-state index >= 15 is 0 Å². The van der Waals surface area contributed by atoms with Gasteiger partial charge in [0.05, 0.1) is 18.2 Å². The van der Waals surface area contributed by atoms with Crippen molar-refractivity contribution in [3.8, 4) is 0 Å². The van der Waals surface area contributed by atoms with E-state index in [0.717, 1.165) is 48.9 Å². The average Bonchev–Trinajstić information content (AvgIpc) is 3.31. The third-order valence-electron chi connectivity index (χ3n) is 5.15. The molecule has 1 aromatic carbocycles. The molecule has 2 aliphatic heterocycles. The van der Waals surface area contributed by atoms with E-state index in [1.54, 1.807) is 0 Å². The van der Waals surface area contributed by atoms with Crippen LogP contribution in [0.15, 0.2) is 29.4 Å².